The SMILES string of the molecule is C[C@@H](c1ccccc1)n1c(C(=O)N(C)Cc2ccccc2)cc2sccc21. The van der Waals surface area contributed by atoms with Gasteiger partial charge in [-0.1, -0.05) is 60.7 Å². The van der Waals surface area contributed by atoms with Crippen LogP contribution in [0.15, 0.2) is 78.2 Å². The number of fused-ring (bicyclic) bond motifs is 1. The third-order valence-electron chi connectivity index (χ3n) is 4.96. The average molecular weight is 375 g/mol. The van der Waals surface area contributed by atoms with Gasteiger partial charge in [-0.3, -0.25) is 4.79 Å². The first-order valence-corrected chi connectivity index (χ1v) is 9.96. The summed E-state index contributed by atoms with van der Waals surface area (Å²) in [5.41, 5.74) is 4.18. The molecule has 1 atom stereocenters. The second-order valence-corrected chi connectivity index (χ2v) is 7.75. The van der Waals surface area contributed by atoms with Gasteiger partial charge in [-0.25, -0.2) is 0 Å². The number of hydrogen-bond acceptors (Lipinski definition) is 2. The molecule has 136 valence electrons. The molecule has 0 unspecified atom stereocenters. The third kappa shape index (κ3) is 3.40. The van der Waals surface area contributed by atoms with Gasteiger partial charge < -0.3 is 9.47 Å². The second kappa shape index (κ2) is 7.41. The second-order valence-electron chi connectivity index (χ2n) is 6.80. The number of thiophene rings is 1. The van der Waals surface area contributed by atoms with Crippen LogP contribution in [0.4, 0.5) is 0 Å². The zero-order valence-electron chi connectivity index (χ0n) is 15.5. The van der Waals surface area contributed by atoms with Gasteiger partial charge in [0.15, 0.2) is 0 Å². The summed E-state index contributed by atoms with van der Waals surface area (Å²) >= 11 is 1.68. The molecule has 0 aliphatic rings. The van der Waals surface area contributed by atoms with Crippen LogP contribution in [0.1, 0.15) is 34.6 Å². The van der Waals surface area contributed by atoms with E-state index in [2.05, 4.69) is 35.1 Å². The molecule has 0 saturated carbocycles. The van der Waals surface area contributed by atoms with Gasteiger partial charge in [0.2, 0.25) is 0 Å². The van der Waals surface area contributed by atoms with Crippen LogP contribution >= 0.6 is 11.3 Å². The molecule has 27 heavy (non-hydrogen) atoms. The highest BCUT2D eigenvalue weighted by molar-refractivity contribution is 7.17. The van der Waals surface area contributed by atoms with Crippen LogP contribution in [0.3, 0.4) is 0 Å². The topological polar surface area (TPSA) is 25.2 Å². The maximum atomic E-state index is 13.3. The first-order valence-electron chi connectivity index (χ1n) is 9.08. The molecule has 2 aromatic carbocycles. The lowest BCUT2D eigenvalue weighted by Gasteiger charge is -2.22. The van der Waals surface area contributed by atoms with Crippen LogP contribution in [0.5, 0.6) is 0 Å². The van der Waals surface area contributed by atoms with Crippen molar-refractivity contribution in [3.05, 3.63) is 95.0 Å². The van der Waals surface area contributed by atoms with E-state index in [1.165, 1.54) is 5.56 Å². The summed E-state index contributed by atoms with van der Waals surface area (Å²) in [6, 6.07) is 24.7. The Morgan fingerprint density at radius 3 is 2.41 bits per heavy atom. The number of carbonyl (C=O) groups is 1. The summed E-state index contributed by atoms with van der Waals surface area (Å²) in [6.45, 7) is 2.75. The molecule has 0 fully saturated rings. The number of rotatable bonds is 5. The Hall–Kier alpha value is -2.85. The lowest BCUT2D eigenvalue weighted by atomic mass is 10.1. The number of benzene rings is 2. The lowest BCUT2D eigenvalue weighted by molar-refractivity contribution is 0.0774. The van der Waals surface area contributed by atoms with Crippen molar-refractivity contribution in [2.75, 3.05) is 7.05 Å². The highest BCUT2D eigenvalue weighted by Crippen LogP contribution is 2.32. The predicted molar refractivity (Wildman–Crippen MR) is 112 cm³/mol. The Morgan fingerprint density at radius 2 is 1.70 bits per heavy atom. The monoisotopic (exact) mass is 374 g/mol. The van der Waals surface area contributed by atoms with Gasteiger partial charge in [0.05, 0.1) is 16.3 Å². The van der Waals surface area contributed by atoms with E-state index in [1.807, 2.05) is 61.6 Å². The lowest BCUT2D eigenvalue weighted by Crippen LogP contribution is -2.29. The van der Waals surface area contributed by atoms with Crippen molar-refractivity contribution in [2.24, 2.45) is 0 Å². The van der Waals surface area contributed by atoms with E-state index < -0.39 is 0 Å². The van der Waals surface area contributed by atoms with Crippen molar-refractivity contribution in [3.63, 3.8) is 0 Å². The standard InChI is InChI=1S/C23H22N2OS/c1-17(19-11-7-4-8-12-19)25-20-13-14-27-22(20)15-21(25)23(26)24(2)16-18-9-5-3-6-10-18/h3-15,17H,16H2,1-2H3/t17-/m0/s1. The molecule has 0 radical (unpaired) electrons. The van der Waals surface area contributed by atoms with Crippen molar-refractivity contribution >= 4 is 27.5 Å². The zero-order chi connectivity index (χ0) is 18.8. The van der Waals surface area contributed by atoms with Crippen LogP contribution in [0, 0.1) is 0 Å². The quantitative estimate of drug-likeness (QED) is 0.447. The summed E-state index contributed by atoms with van der Waals surface area (Å²) in [7, 11) is 1.87. The fourth-order valence-corrected chi connectivity index (χ4v) is 4.34. The van der Waals surface area contributed by atoms with Gasteiger partial charge in [-0.2, -0.15) is 0 Å². The van der Waals surface area contributed by atoms with E-state index in [9.17, 15) is 4.79 Å². The summed E-state index contributed by atoms with van der Waals surface area (Å²) in [5.74, 6) is 0.0463. The van der Waals surface area contributed by atoms with Crippen LogP contribution < -0.4 is 0 Å². The molecule has 4 heteroatoms. The van der Waals surface area contributed by atoms with E-state index in [1.54, 1.807) is 16.2 Å². The fourth-order valence-electron chi connectivity index (χ4n) is 3.53. The largest absolute Gasteiger partial charge is 0.336 e. The van der Waals surface area contributed by atoms with Crippen molar-refractivity contribution in [1.29, 1.82) is 0 Å². The van der Waals surface area contributed by atoms with Crippen molar-refractivity contribution in [1.82, 2.24) is 9.47 Å². The van der Waals surface area contributed by atoms with Crippen LogP contribution in [-0.4, -0.2) is 22.4 Å². The Morgan fingerprint density at radius 1 is 1.04 bits per heavy atom. The summed E-state index contributed by atoms with van der Waals surface area (Å²) < 4.78 is 3.32. The first kappa shape index (κ1) is 17.6. The highest BCUT2D eigenvalue weighted by atomic mass is 32.1. The molecule has 0 aliphatic carbocycles. The van der Waals surface area contributed by atoms with Crippen molar-refractivity contribution < 1.29 is 4.79 Å². The number of aromatic nitrogens is 1. The molecule has 4 aromatic rings. The van der Waals surface area contributed by atoms with Gasteiger partial charge in [-0.05, 0) is 35.6 Å². The number of hydrogen-bond donors (Lipinski definition) is 0. The van der Waals surface area contributed by atoms with Gasteiger partial charge in [-0.15, -0.1) is 11.3 Å². The van der Waals surface area contributed by atoms with Crippen molar-refractivity contribution in [2.45, 2.75) is 19.5 Å². The summed E-state index contributed by atoms with van der Waals surface area (Å²) in [5, 5.41) is 2.08. The molecule has 3 nitrogen and oxygen atoms in total. The number of nitrogens with zero attached hydrogens (tertiary/aromatic N) is 2. The molecule has 0 saturated heterocycles. The smallest absolute Gasteiger partial charge is 0.270 e. The minimum absolute atomic E-state index is 0.0463. The Balaban J connectivity index is 1.71. The first-order chi connectivity index (χ1) is 13.1. The molecular formula is C23H22N2OS. The van der Waals surface area contributed by atoms with Gasteiger partial charge in [0, 0.05) is 13.6 Å². The fraction of sp³-hybridized carbons (Fsp3) is 0.174. The average Bonchev–Trinajstić information content (AvgIpc) is 3.29. The highest BCUT2D eigenvalue weighted by Gasteiger charge is 2.23. The maximum Gasteiger partial charge on any atom is 0.270 e. The van der Waals surface area contributed by atoms with Crippen LogP contribution in [-0.2, 0) is 6.54 Å². The van der Waals surface area contributed by atoms with E-state index in [4.69, 9.17) is 0 Å². The van der Waals surface area contributed by atoms with Gasteiger partial charge in [0.25, 0.3) is 5.91 Å². The van der Waals surface area contributed by atoms with Gasteiger partial charge in [0.1, 0.15) is 5.69 Å². The molecule has 0 aliphatic heterocycles. The van der Waals surface area contributed by atoms with E-state index in [0.717, 1.165) is 21.5 Å². The zero-order valence-corrected chi connectivity index (χ0v) is 16.3. The number of amides is 1. The normalized spacial score (nSPS) is 12.2. The van der Waals surface area contributed by atoms with Crippen molar-refractivity contribution in [3.8, 4) is 0 Å². The minimum Gasteiger partial charge on any atom is -0.336 e. The van der Waals surface area contributed by atoms with Gasteiger partial charge >= 0.3 is 0 Å². The minimum atomic E-state index is 0.0463. The molecule has 2 heterocycles. The van der Waals surface area contributed by atoms with Crippen LogP contribution in [0.25, 0.3) is 10.2 Å². The van der Waals surface area contributed by atoms with E-state index in [0.29, 0.717) is 6.54 Å². The van der Waals surface area contributed by atoms with E-state index >= 15 is 0 Å². The molecule has 4 rings (SSSR count). The molecule has 1 amide bonds. The third-order valence-corrected chi connectivity index (χ3v) is 5.81. The summed E-state index contributed by atoms with van der Waals surface area (Å²) in [6.07, 6.45) is 0. The Bertz CT molecular complexity index is 1050. The maximum absolute atomic E-state index is 13.3. The van der Waals surface area contributed by atoms with E-state index in [-0.39, 0.29) is 11.9 Å². The van der Waals surface area contributed by atoms with Crippen LogP contribution in [0.2, 0.25) is 0 Å². The summed E-state index contributed by atoms with van der Waals surface area (Å²) in [4.78, 5) is 15.1. The number of carbonyl (C=O) groups excluding carboxylic acids is 1. The Kier molecular flexibility index (Phi) is 4.82. The molecule has 0 bridgehead atoms. The molecule has 0 spiro atoms. The Labute approximate surface area is 163 Å². The molecule has 2 aromatic heterocycles. The molecule has 0 N–H and O–H groups in total. The molecular weight excluding hydrogens is 352 g/mol. The predicted octanol–water partition coefficient (Wildman–Crippen LogP) is 5.58.